The highest BCUT2D eigenvalue weighted by Crippen LogP contribution is 2.53. The first kappa shape index (κ1) is 13.4. The maximum atomic E-state index is 3.80. The molecule has 2 aliphatic heterocycles. The van der Waals surface area contributed by atoms with E-state index in [1.54, 1.807) is 5.56 Å². The Balaban J connectivity index is 1.91. The fourth-order valence-electron chi connectivity index (χ4n) is 4.99. The third-order valence-electron chi connectivity index (χ3n) is 6.24. The van der Waals surface area contributed by atoms with Crippen LogP contribution >= 0.6 is 0 Å². The number of aromatic nitrogens is 1. The van der Waals surface area contributed by atoms with E-state index in [4.69, 9.17) is 0 Å². The molecule has 0 bridgehead atoms. The van der Waals surface area contributed by atoms with E-state index < -0.39 is 0 Å². The van der Waals surface area contributed by atoms with Crippen molar-refractivity contribution in [2.24, 2.45) is 5.41 Å². The molecule has 4 rings (SSSR count). The van der Waals surface area contributed by atoms with E-state index in [0.717, 1.165) is 0 Å². The number of para-hydroxylation sites is 1. The molecule has 0 spiro atoms. The molecule has 1 unspecified atom stereocenters. The van der Waals surface area contributed by atoms with Crippen molar-refractivity contribution in [1.82, 2.24) is 9.88 Å². The van der Waals surface area contributed by atoms with Crippen LogP contribution in [0.25, 0.3) is 10.9 Å². The van der Waals surface area contributed by atoms with Crippen molar-refractivity contribution in [3.05, 3.63) is 35.5 Å². The highest BCUT2D eigenvalue weighted by Gasteiger charge is 2.46. The predicted molar refractivity (Wildman–Crippen MR) is 88.6 cm³/mol. The second-order valence-corrected chi connectivity index (χ2v) is 6.92. The van der Waals surface area contributed by atoms with Gasteiger partial charge in [0.2, 0.25) is 0 Å². The number of hydrogen-bond donors (Lipinski definition) is 1. The summed E-state index contributed by atoms with van der Waals surface area (Å²) in [6.45, 7) is 7.30. The van der Waals surface area contributed by atoms with Crippen LogP contribution in [0.3, 0.4) is 0 Å². The Hall–Kier alpha value is -1.28. The normalized spacial score (nSPS) is 24.8. The molecular weight excluding hydrogens is 256 g/mol. The highest BCUT2D eigenvalue weighted by atomic mass is 15.2. The molecule has 0 radical (unpaired) electrons. The summed E-state index contributed by atoms with van der Waals surface area (Å²) in [5.41, 5.74) is 4.93. The maximum Gasteiger partial charge on any atom is 0.0558 e. The van der Waals surface area contributed by atoms with Crippen molar-refractivity contribution in [3.8, 4) is 0 Å². The lowest BCUT2D eigenvalue weighted by Crippen LogP contribution is -2.49. The van der Waals surface area contributed by atoms with Crippen LogP contribution in [0.2, 0.25) is 0 Å². The van der Waals surface area contributed by atoms with E-state index in [1.807, 2.05) is 0 Å². The van der Waals surface area contributed by atoms with E-state index in [2.05, 4.69) is 48.0 Å². The summed E-state index contributed by atoms with van der Waals surface area (Å²) in [6.07, 6.45) is 6.54. The van der Waals surface area contributed by atoms with Crippen LogP contribution in [0.4, 0.5) is 0 Å². The van der Waals surface area contributed by atoms with Crippen molar-refractivity contribution in [1.29, 1.82) is 0 Å². The van der Waals surface area contributed by atoms with Crippen LogP contribution in [-0.2, 0) is 6.42 Å². The third-order valence-corrected chi connectivity index (χ3v) is 6.24. The van der Waals surface area contributed by atoms with Crippen LogP contribution in [0.1, 0.15) is 56.8 Å². The number of rotatable bonds is 2. The standard InChI is InChI=1S/C19H26N2/c1-3-19(4-2)11-7-12-21-13-10-15-14-8-5-6-9-16(14)20-17(15)18(19)21/h5-6,8-9,18,20H,3-4,7,10-13H2,1-2H3. The molecule has 1 N–H and O–H groups in total. The second kappa shape index (κ2) is 4.88. The first-order valence-corrected chi connectivity index (χ1v) is 8.62. The first-order chi connectivity index (χ1) is 10.3. The average Bonchev–Trinajstić information content (AvgIpc) is 2.92. The molecule has 1 aromatic heterocycles. The molecule has 0 amide bonds. The topological polar surface area (TPSA) is 19.0 Å². The molecule has 2 aliphatic rings. The minimum Gasteiger partial charge on any atom is -0.357 e. The van der Waals surface area contributed by atoms with E-state index >= 15 is 0 Å². The van der Waals surface area contributed by atoms with Crippen molar-refractivity contribution in [3.63, 3.8) is 0 Å². The summed E-state index contributed by atoms with van der Waals surface area (Å²) in [7, 11) is 0. The minimum absolute atomic E-state index is 0.467. The number of hydrogen-bond acceptors (Lipinski definition) is 1. The third kappa shape index (κ3) is 1.81. The van der Waals surface area contributed by atoms with Crippen LogP contribution in [0.15, 0.2) is 24.3 Å². The summed E-state index contributed by atoms with van der Waals surface area (Å²) in [6, 6.07) is 9.47. The summed E-state index contributed by atoms with van der Waals surface area (Å²) >= 11 is 0. The van der Waals surface area contributed by atoms with Gasteiger partial charge in [-0.3, -0.25) is 4.90 Å². The zero-order valence-electron chi connectivity index (χ0n) is 13.3. The van der Waals surface area contributed by atoms with Crippen LogP contribution in [0, 0.1) is 5.41 Å². The molecule has 1 saturated heterocycles. The summed E-state index contributed by atoms with van der Waals surface area (Å²) in [4.78, 5) is 6.56. The first-order valence-electron chi connectivity index (χ1n) is 8.62. The van der Waals surface area contributed by atoms with Gasteiger partial charge in [0.15, 0.2) is 0 Å². The Kier molecular flexibility index (Phi) is 3.11. The van der Waals surface area contributed by atoms with E-state index in [1.165, 1.54) is 61.8 Å². The lowest BCUT2D eigenvalue weighted by atomic mass is 9.66. The number of piperidine rings is 1. The Morgan fingerprint density at radius 2 is 2.00 bits per heavy atom. The van der Waals surface area contributed by atoms with Gasteiger partial charge in [0.1, 0.15) is 0 Å². The van der Waals surface area contributed by atoms with Crippen molar-refractivity contribution >= 4 is 10.9 Å². The van der Waals surface area contributed by atoms with Gasteiger partial charge >= 0.3 is 0 Å². The van der Waals surface area contributed by atoms with Crippen LogP contribution in [0.5, 0.6) is 0 Å². The molecular formula is C19H26N2. The molecule has 1 aromatic carbocycles. The molecule has 1 fully saturated rings. The molecule has 21 heavy (non-hydrogen) atoms. The predicted octanol–water partition coefficient (Wildman–Crippen LogP) is 4.67. The number of H-pyrrole nitrogens is 1. The summed E-state index contributed by atoms with van der Waals surface area (Å²) in [5.74, 6) is 0. The smallest absolute Gasteiger partial charge is 0.0558 e. The number of fused-ring (bicyclic) bond motifs is 5. The quantitative estimate of drug-likeness (QED) is 0.848. The monoisotopic (exact) mass is 282 g/mol. The van der Waals surface area contributed by atoms with Gasteiger partial charge < -0.3 is 4.98 Å². The number of aromatic amines is 1. The molecule has 2 heteroatoms. The molecule has 2 aromatic rings. The average molecular weight is 282 g/mol. The van der Waals surface area contributed by atoms with Crippen LogP contribution < -0.4 is 0 Å². The molecule has 0 aliphatic carbocycles. The Morgan fingerprint density at radius 1 is 1.19 bits per heavy atom. The lowest BCUT2D eigenvalue weighted by Gasteiger charge is -2.51. The minimum atomic E-state index is 0.467. The highest BCUT2D eigenvalue weighted by molar-refractivity contribution is 5.85. The van der Waals surface area contributed by atoms with Gasteiger partial charge in [0.05, 0.1) is 6.04 Å². The van der Waals surface area contributed by atoms with Gasteiger partial charge in [0.25, 0.3) is 0 Å². The molecule has 112 valence electrons. The van der Waals surface area contributed by atoms with Gasteiger partial charge in [-0.05, 0) is 55.7 Å². The number of nitrogens with one attached hydrogen (secondary N) is 1. The fraction of sp³-hybridized carbons (Fsp3) is 0.579. The van der Waals surface area contributed by atoms with Crippen molar-refractivity contribution < 1.29 is 0 Å². The molecule has 3 heterocycles. The second-order valence-electron chi connectivity index (χ2n) is 6.92. The van der Waals surface area contributed by atoms with E-state index in [-0.39, 0.29) is 0 Å². The largest absolute Gasteiger partial charge is 0.357 e. The summed E-state index contributed by atoms with van der Waals surface area (Å²) in [5, 5.41) is 1.46. The van der Waals surface area contributed by atoms with E-state index in [9.17, 15) is 0 Å². The molecule has 0 saturated carbocycles. The Bertz CT molecular complexity index is 651. The lowest BCUT2D eigenvalue weighted by molar-refractivity contribution is -0.00405. The van der Waals surface area contributed by atoms with Gasteiger partial charge in [-0.2, -0.15) is 0 Å². The Labute approximate surface area is 127 Å². The number of benzene rings is 1. The Morgan fingerprint density at radius 3 is 2.81 bits per heavy atom. The molecule has 2 nitrogen and oxygen atoms in total. The zero-order valence-corrected chi connectivity index (χ0v) is 13.3. The van der Waals surface area contributed by atoms with E-state index in [0.29, 0.717) is 11.5 Å². The van der Waals surface area contributed by atoms with Gasteiger partial charge in [-0.25, -0.2) is 0 Å². The van der Waals surface area contributed by atoms with Gasteiger partial charge in [0, 0.05) is 23.1 Å². The van der Waals surface area contributed by atoms with Gasteiger partial charge in [-0.1, -0.05) is 32.0 Å². The molecule has 1 atom stereocenters. The summed E-state index contributed by atoms with van der Waals surface area (Å²) < 4.78 is 0. The van der Waals surface area contributed by atoms with Gasteiger partial charge in [-0.15, -0.1) is 0 Å². The fourth-order valence-corrected chi connectivity index (χ4v) is 4.99. The maximum absolute atomic E-state index is 3.80. The number of nitrogens with zero attached hydrogens (tertiary/aromatic N) is 1. The van der Waals surface area contributed by atoms with Crippen molar-refractivity contribution in [2.45, 2.75) is 52.0 Å². The van der Waals surface area contributed by atoms with Crippen molar-refractivity contribution in [2.75, 3.05) is 13.1 Å². The zero-order chi connectivity index (χ0) is 14.4. The van der Waals surface area contributed by atoms with Crippen LogP contribution in [-0.4, -0.2) is 23.0 Å². The SMILES string of the molecule is CCC1(CC)CCCN2CCc3c([nH]c4ccccc34)C21.